The number of nitrogens with zero attached hydrogens (tertiary/aromatic N) is 2. The molecule has 1 aromatic carbocycles. The molecule has 0 amide bonds. The highest BCUT2D eigenvalue weighted by Gasteiger charge is 1.99. The van der Waals surface area contributed by atoms with Crippen LogP contribution >= 0.6 is 23.2 Å². The lowest BCUT2D eigenvalue weighted by Crippen LogP contribution is -1.99. The molecular formula is C10H8Cl2N2. The van der Waals surface area contributed by atoms with E-state index >= 15 is 0 Å². The first-order chi connectivity index (χ1) is 6.75. The third kappa shape index (κ3) is 2.08. The average Bonchev–Trinajstić information content (AvgIpc) is 2.64. The highest BCUT2D eigenvalue weighted by atomic mass is 35.5. The summed E-state index contributed by atoms with van der Waals surface area (Å²) in [5.74, 6) is 0. The van der Waals surface area contributed by atoms with Crippen LogP contribution in [0.2, 0.25) is 10.0 Å². The quantitative estimate of drug-likeness (QED) is 0.769. The van der Waals surface area contributed by atoms with Gasteiger partial charge in [0.1, 0.15) is 0 Å². The molecule has 0 aliphatic rings. The summed E-state index contributed by atoms with van der Waals surface area (Å²) in [6.07, 6.45) is 3.65. The van der Waals surface area contributed by atoms with Crippen molar-refractivity contribution in [1.82, 2.24) is 9.78 Å². The number of benzene rings is 1. The van der Waals surface area contributed by atoms with Crippen molar-refractivity contribution in [1.29, 1.82) is 0 Å². The molecule has 0 aliphatic carbocycles. The van der Waals surface area contributed by atoms with E-state index in [9.17, 15) is 0 Å². The Morgan fingerprint density at radius 1 is 1.21 bits per heavy atom. The van der Waals surface area contributed by atoms with Gasteiger partial charge in [-0.15, -0.1) is 0 Å². The zero-order valence-corrected chi connectivity index (χ0v) is 8.83. The van der Waals surface area contributed by atoms with Gasteiger partial charge in [-0.3, -0.25) is 4.68 Å². The molecule has 0 bridgehead atoms. The second kappa shape index (κ2) is 4.03. The number of halogens is 2. The molecule has 0 spiro atoms. The normalized spacial score (nSPS) is 10.4. The topological polar surface area (TPSA) is 17.8 Å². The third-order valence-corrected chi connectivity index (χ3v) is 2.63. The second-order valence-corrected chi connectivity index (χ2v) is 3.77. The minimum atomic E-state index is 0.580. The molecule has 0 atom stereocenters. The number of hydrogen-bond donors (Lipinski definition) is 0. The largest absolute Gasteiger partial charge is 0.268 e. The van der Waals surface area contributed by atoms with E-state index in [0.717, 1.165) is 5.56 Å². The van der Waals surface area contributed by atoms with Crippen molar-refractivity contribution in [2.45, 2.75) is 6.54 Å². The Labute approximate surface area is 92.1 Å². The summed E-state index contributed by atoms with van der Waals surface area (Å²) in [5, 5.41) is 5.26. The number of aromatic nitrogens is 2. The first-order valence-corrected chi connectivity index (χ1v) is 4.92. The highest BCUT2D eigenvalue weighted by Crippen LogP contribution is 2.22. The number of rotatable bonds is 2. The fraction of sp³-hybridized carbons (Fsp3) is 0.100. The van der Waals surface area contributed by atoms with Crippen molar-refractivity contribution in [3.63, 3.8) is 0 Å². The van der Waals surface area contributed by atoms with E-state index in [4.69, 9.17) is 23.2 Å². The van der Waals surface area contributed by atoms with Gasteiger partial charge < -0.3 is 0 Å². The Kier molecular flexibility index (Phi) is 2.75. The molecule has 0 saturated heterocycles. The summed E-state index contributed by atoms with van der Waals surface area (Å²) >= 11 is 11.7. The van der Waals surface area contributed by atoms with Crippen LogP contribution in [0.3, 0.4) is 0 Å². The molecule has 0 radical (unpaired) electrons. The lowest BCUT2D eigenvalue weighted by Gasteiger charge is -2.03. The summed E-state index contributed by atoms with van der Waals surface area (Å²) in [5.41, 5.74) is 1.09. The van der Waals surface area contributed by atoms with E-state index in [1.165, 1.54) is 0 Å². The lowest BCUT2D eigenvalue weighted by molar-refractivity contribution is 0.687. The monoisotopic (exact) mass is 226 g/mol. The van der Waals surface area contributed by atoms with Gasteiger partial charge in [0.25, 0.3) is 0 Å². The van der Waals surface area contributed by atoms with Gasteiger partial charge in [0.05, 0.1) is 16.6 Å². The summed E-state index contributed by atoms with van der Waals surface area (Å²) in [6.45, 7) is 0.712. The maximum Gasteiger partial charge on any atom is 0.0659 e. The Morgan fingerprint density at radius 3 is 2.71 bits per heavy atom. The van der Waals surface area contributed by atoms with Gasteiger partial charge in [-0.05, 0) is 23.8 Å². The molecule has 0 fully saturated rings. The highest BCUT2D eigenvalue weighted by molar-refractivity contribution is 6.42. The van der Waals surface area contributed by atoms with Crippen LogP contribution in [0.1, 0.15) is 5.56 Å². The Hall–Kier alpha value is -0.990. The summed E-state index contributed by atoms with van der Waals surface area (Å²) in [6, 6.07) is 7.47. The molecule has 0 N–H and O–H groups in total. The predicted molar refractivity (Wildman–Crippen MR) is 57.8 cm³/mol. The Morgan fingerprint density at radius 2 is 2.07 bits per heavy atom. The van der Waals surface area contributed by atoms with E-state index < -0.39 is 0 Å². The standard InChI is InChI=1S/C10H8Cl2N2/c11-9-3-2-8(6-10(9)12)7-14-5-1-4-13-14/h1-6H,7H2. The van der Waals surface area contributed by atoms with Crippen molar-refractivity contribution < 1.29 is 0 Å². The van der Waals surface area contributed by atoms with Gasteiger partial charge in [-0.2, -0.15) is 5.10 Å². The number of hydrogen-bond acceptors (Lipinski definition) is 1. The van der Waals surface area contributed by atoms with E-state index in [1.807, 2.05) is 29.1 Å². The van der Waals surface area contributed by atoms with Crippen LogP contribution < -0.4 is 0 Å². The minimum Gasteiger partial charge on any atom is -0.268 e. The third-order valence-electron chi connectivity index (χ3n) is 1.89. The van der Waals surface area contributed by atoms with Gasteiger partial charge >= 0.3 is 0 Å². The smallest absolute Gasteiger partial charge is 0.0659 e. The van der Waals surface area contributed by atoms with Gasteiger partial charge in [0.2, 0.25) is 0 Å². The van der Waals surface area contributed by atoms with E-state index in [-0.39, 0.29) is 0 Å². The Balaban J connectivity index is 2.22. The molecule has 2 rings (SSSR count). The molecule has 2 nitrogen and oxygen atoms in total. The molecule has 0 aliphatic heterocycles. The van der Waals surface area contributed by atoms with Gasteiger partial charge in [0, 0.05) is 12.4 Å². The first kappa shape index (κ1) is 9.56. The van der Waals surface area contributed by atoms with Crippen molar-refractivity contribution in [2.75, 3.05) is 0 Å². The van der Waals surface area contributed by atoms with Crippen LogP contribution in [0.5, 0.6) is 0 Å². The predicted octanol–water partition coefficient (Wildman–Crippen LogP) is 3.24. The molecular weight excluding hydrogens is 219 g/mol. The Bertz CT molecular complexity index is 424. The molecule has 0 saturated carbocycles. The van der Waals surface area contributed by atoms with Crippen molar-refractivity contribution in [3.8, 4) is 0 Å². The van der Waals surface area contributed by atoms with Crippen LogP contribution in [0.25, 0.3) is 0 Å². The van der Waals surface area contributed by atoms with E-state index in [1.54, 1.807) is 12.3 Å². The first-order valence-electron chi connectivity index (χ1n) is 4.17. The van der Waals surface area contributed by atoms with Crippen molar-refractivity contribution in [2.24, 2.45) is 0 Å². The molecule has 1 aromatic heterocycles. The van der Waals surface area contributed by atoms with Crippen LogP contribution in [0.4, 0.5) is 0 Å². The zero-order valence-electron chi connectivity index (χ0n) is 7.32. The lowest BCUT2D eigenvalue weighted by atomic mass is 10.2. The molecule has 1 heterocycles. The fourth-order valence-electron chi connectivity index (χ4n) is 1.22. The molecule has 4 heteroatoms. The molecule has 2 aromatic rings. The van der Waals surface area contributed by atoms with Crippen LogP contribution in [0.15, 0.2) is 36.7 Å². The molecule has 0 unspecified atom stereocenters. The van der Waals surface area contributed by atoms with Crippen molar-refractivity contribution >= 4 is 23.2 Å². The van der Waals surface area contributed by atoms with Crippen LogP contribution in [-0.2, 0) is 6.54 Å². The zero-order chi connectivity index (χ0) is 9.97. The van der Waals surface area contributed by atoms with Gasteiger partial charge in [-0.1, -0.05) is 29.3 Å². The summed E-state index contributed by atoms with van der Waals surface area (Å²) < 4.78 is 1.83. The van der Waals surface area contributed by atoms with E-state index in [0.29, 0.717) is 16.6 Å². The summed E-state index contributed by atoms with van der Waals surface area (Å²) in [7, 11) is 0. The van der Waals surface area contributed by atoms with E-state index in [2.05, 4.69) is 5.10 Å². The SMILES string of the molecule is Clc1ccc(Cn2cccn2)cc1Cl. The van der Waals surface area contributed by atoms with Crippen LogP contribution in [0, 0.1) is 0 Å². The maximum atomic E-state index is 5.89. The fourth-order valence-corrected chi connectivity index (χ4v) is 1.54. The summed E-state index contributed by atoms with van der Waals surface area (Å²) in [4.78, 5) is 0. The second-order valence-electron chi connectivity index (χ2n) is 2.95. The van der Waals surface area contributed by atoms with Gasteiger partial charge in [-0.25, -0.2) is 0 Å². The van der Waals surface area contributed by atoms with Gasteiger partial charge in [0.15, 0.2) is 0 Å². The maximum absolute atomic E-state index is 5.89. The molecule has 72 valence electrons. The van der Waals surface area contributed by atoms with Crippen molar-refractivity contribution in [3.05, 3.63) is 52.3 Å². The van der Waals surface area contributed by atoms with Crippen LogP contribution in [-0.4, -0.2) is 9.78 Å². The minimum absolute atomic E-state index is 0.580. The average molecular weight is 227 g/mol. The molecule has 14 heavy (non-hydrogen) atoms.